The van der Waals surface area contributed by atoms with Crippen LogP contribution in [0.4, 0.5) is 0 Å². The minimum absolute atomic E-state index is 0.420. The van der Waals surface area contributed by atoms with Gasteiger partial charge in [-0.2, -0.15) is 0 Å². The molecule has 15 heavy (non-hydrogen) atoms. The highest BCUT2D eigenvalue weighted by atomic mass is 35.5. The zero-order chi connectivity index (χ0) is 10.8. The van der Waals surface area contributed by atoms with Gasteiger partial charge in [-0.1, -0.05) is 29.3 Å². The molecule has 0 aliphatic rings. The molecule has 1 aromatic carbocycles. The largest absolute Gasteiger partial charge is 0.151 e. The molecule has 0 saturated heterocycles. The predicted octanol–water partition coefficient (Wildman–Crippen LogP) is 3.41. The maximum absolute atomic E-state index is 5.70. The fourth-order valence-electron chi connectivity index (χ4n) is 1.47. The van der Waals surface area contributed by atoms with E-state index in [-0.39, 0.29) is 0 Å². The summed E-state index contributed by atoms with van der Waals surface area (Å²) in [6.07, 6.45) is 0. The Labute approximate surface area is 93.9 Å². The Morgan fingerprint density at radius 2 is 1.80 bits per heavy atom. The Balaban J connectivity index is 2.53. The fourth-order valence-corrected chi connectivity index (χ4v) is 1.57. The number of rotatable bonds is 1. The van der Waals surface area contributed by atoms with E-state index in [1.54, 1.807) is 6.07 Å². The highest BCUT2D eigenvalue weighted by molar-refractivity contribution is 6.29. The summed E-state index contributed by atoms with van der Waals surface area (Å²) in [4.78, 5) is 0. The molecule has 1 aromatic heterocycles. The van der Waals surface area contributed by atoms with Gasteiger partial charge in [-0.15, -0.1) is 10.2 Å². The van der Waals surface area contributed by atoms with Crippen molar-refractivity contribution in [3.8, 4) is 11.3 Å². The van der Waals surface area contributed by atoms with Crippen molar-refractivity contribution in [1.29, 1.82) is 0 Å². The quantitative estimate of drug-likeness (QED) is 0.733. The van der Waals surface area contributed by atoms with E-state index in [4.69, 9.17) is 11.6 Å². The second kappa shape index (κ2) is 3.99. The third-order valence-corrected chi connectivity index (χ3v) is 2.50. The highest BCUT2D eigenvalue weighted by Gasteiger charge is 2.03. The summed E-state index contributed by atoms with van der Waals surface area (Å²) in [6.45, 7) is 4.12. The second-order valence-corrected chi connectivity index (χ2v) is 3.95. The predicted molar refractivity (Wildman–Crippen MR) is 62.0 cm³/mol. The number of aryl methyl sites for hydroxylation is 2. The van der Waals surface area contributed by atoms with Crippen LogP contribution in [0.1, 0.15) is 11.1 Å². The maximum atomic E-state index is 5.70. The van der Waals surface area contributed by atoms with Gasteiger partial charge in [0.2, 0.25) is 0 Å². The molecule has 76 valence electrons. The van der Waals surface area contributed by atoms with Crippen LogP contribution in [0.25, 0.3) is 11.3 Å². The Morgan fingerprint density at radius 3 is 2.47 bits per heavy atom. The van der Waals surface area contributed by atoms with Gasteiger partial charge in [0, 0.05) is 5.56 Å². The summed E-state index contributed by atoms with van der Waals surface area (Å²) in [5.41, 5.74) is 4.38. The number of hydrogen-bond donors (Lipinski definition) is 0. The van der Waals surface area contributed by atoms with E-state index in [0.717, 1.165) is 11.3 Å². The lowest BCUT2D eigenvalue weighted by Crippen LogP contribution is -1.90. The first-order valence-electron chi connectivity index (χ1n) is 4.73. The van der Waals surface area contributed by atoms with Crippen molar-refractivity contribution in [2.75, 3.05) is 0 Å². The Kier molecular flexibility index (Phi) is 2.69. The summed E-state index contributed by atoms with van der Waals surface area (Å²) in [7, 11) is 0. The molecule has 2 nitrogen and oxygen atoms in total. The van der Waals surface area contributed by atoms with Gasteiger partial charge in [-0.3, -0.25) is 0 Å². The molecular weight excluding hydrogens is 208 g/mol. The number of hydrogen-bond acceptors (Lipinski definition) is 2. The Hall–Kier alpha value is -1.41. The third kappa shape index (κ3) is 2.16. The van der Waals surface area contributed by atoms with Gasteiger partial charge in [0.25, 0.3) is 0 Å². The lowest BCUT2D eigenvalue weighted by Gasteiger charge is -2.05. The van der Waals surface area contributed by atoms with E-state index >= 15 is 0 Å². The summed E-state index contributed by atoms with van der Waals surface area (Å²) < 4.78 is 0. The normalized spacial score (nSPS) is 10.3. The van der Waals surface area contributed by atoms with E-state index in [9.17, 15) is 0 Å². The van der Waals surface area contributed by atoms with Crippen molar-refractivity contribution in [3.63, 3.8) is 0 Å². The zero-order valence-corrected chi connectivity index (χ0v) is 9.42. The number of aromatic nitrogens is 2. The van der Waals surface area contributed by atoms with Crippen LogP contribution in [0.15, 0.2) is 30.3 Å². The minimum atomic E-state index is 0.420. The summed E-state index contributed by atoms with van der Waals surface area (Å²) in [6, 6.07) is 9.92. The Bertz CT molecular complexity index is 477. The standard InChI is InChI=1S/C12H11ClN2/c1-8-3-4-9(2)10(7-8)11-5-6-12(13)15-14-11/h3-7H,1-2H3. The molecule has 0 unspecified atom stereocenters. The molecule has 0 radical (unpaired) electrons. The molecular formula is C12H11ClN2. The van der Waals surface area contributed by atoms with Crippen molar-refractivity contribution in [1.82, 2.24) is 10.2 Å². The summed E-state index contributed by atoms with van der Waals surface area (Å²) in [5, 5.41) is 8.33. The van der Waals surface area contributed by atoms with E-state index < -0.39 is 0 Å². The van der Waals surface area contributed by atoms with Crippen LogP contribution in [0.3, 0.4) is 0 Å². The Morgan fingerprint density at radius 1 is 1.00 bits per heavy atom. The molecule has 1 heterocycles. The van der Waals surface area contributed by atoms with E-state index in [2.05, 4.69) is 42.2 Å². The molecule has 0 saturated carbocycles. The van der Waals surface area contributed by atoms with Gasteiger partial charge >= 0.3 is 0 Å². The molecule has 0 atom stereocenters. The average Bonchev–Trinajstić information content (AvgIpc) is 2.23. The van der Waals surface area contributed by atoms with Crippen LogP contribution in [-0.4, -0.2) is 10.2 Å². The molecule has 0 amide bonds. The lowest BCUT2D eigenvalue weighted by molar-refractivity contribution is 1.04. The SMILES string of the molecule is Cc1ccc(C)c(-c2ccc(Cl)nn2)c1. The van der Waals surface area contributed by atoms with Gasteiger partial charge in [0.05, 0.1) is 5.69 Å². The van der Waals surface area contributed by atoms with Gasteiger partial charge in [-0.05, 0) is 37.6 Å². The van der Waals surface area contributed by atoms with E-state index in [1.807, 2.05) is 6.07 Å². The van der Waals surface area contributed by atoms with Gasteiger partial charge in [0.1, 0.15) is 0 Å². The smallest absolute Gasteiger partial charge is 0.149 e. The molecule has 0 aliphatic carbocycles. The van der Waals surface area contributed by atoms with Crippen LogP contribution in [0.2, 0.25) is 5.15 Å². The lowest BCUT2D eigenvalue weighted by atomic mass is 10.0. The van der Waals surface area contributed by atoms with Crippen LogP contribution in [-0.2, 0) is 0 Å². The summed E-state index contributed by atoms with van der Waals surface area (Å²) in [5.74, 6) is 0. The van der Waals surface area contributed by atoms with Crippen molar-refractivity contribution in [2.24, 2.45) is 0 Å². The van der Waals surface area contributed by atoms with E-state index in [0.29, 0.717) is 5.15 Å². The molecule has 0 aliphatic heterocycles. The number of nitrogens with zero attached hydrogens (tertiary/aromatic N) is 2. The molecule has 2 rings (SSSR count). The summed E-state index contributed by atoms with van der Waals surface area (Å²) >= 11 is 5.70. The van der Waals surface area contributed by atoms with Crippen molar-refractivity contribution >= 4 is 11.6 Å². The first-order chi connectivity index (χ1) is 7.16. The van der Waals surface area contributed by atoms with Crippen LogP contribution in [0, 0.1) is 13.8 Å². The zero-order valence-electron chi connectivity index (χ0n) is 8.66. The average molecular weight is 219 g/mol. The van der Waals surface area contributed by atoms with Crippen LogP contribution < -0.4 is 0 Å². The second-order valence-electron chi connectivity index (χ2n) is 3.56. The minimum Gasteiger partial charge on any atom is -0.149 e. The van der Waals surface area contributed by atoms with Crippen molar-refractivity contribution in [3.05, 3.63) is 46.6 Å². The number of halogens is 1. The maximum Gasteiger partial charge on any atom is 0.151 e. The molecule has 0 spiro atoms. The van der Waals surface area contributed by atoms with Gasteiger partial charge < -0.3 is 0 Å². The van der Waals surface area contributed by atoms with Crippen LogP contribution >= 0.6 is 11.6 Å². The highest BCUT2D eigenvalue weighted by Crippen LogP contribution is 2.22. The first kappa shape index (κ1) is 10.1. The van der Waals surface area contributed by atoms with Gasteiger partial charge in [0.15, 0.2) is 5.15 Å². The monoisotopic (exact) mass is 218 g/mol. The molecule has 0 fully saturated rings. The molecule has 0 bridgehead atoms. The molecule has 2 aromatic rings. The first-order valence-corrected chi connectivity index (χ1v) is 5.11. The van der Waals surface area contributed by atoms with Crippen LogP contribution in [0.5, 0.6) is 0 Å². The topological polar surface area (TPSA) is 25.8 Å². The van der Waals surface area contributed by atoms with Crippen molar-refractivity contribution < 1.29 is 0 Å². The molecule has 0 N–H and O–H groups in total. The van der Waals surface area contributed by atoms with Gasteiger partial charge in [-0.25, -0.2) is 0 Å². The third-order valence-electron chi connectivity index (χ3n) is 2.30. The number of benzene rings is 1. The fraction of sp³-hybridized carbons (Fsp3) is 0.167. The van der Waals surface area contributed by atoms with Crippen molar-refractivity contribution in [2.45, 2.75) is 13.8 Å². The van der Waals surface area contributed by atoms with E-state index in [1.165, 1.54) is 11.1 Å². The molecule has 3 heteroatoms.